The Labute approximate surface area is 178 Å². The Bertz CT molecular complexity index is 690. The number of piperazine rings is 1. The van der Waals surface area contributed by atoms with Crippen LogP contribution in [-0.2, 0) is 4.74 Å². The number of amides is 1. The van der Waals surface area contributed by atoms with E-state index in [0.29, 0.717) is 19.0 Å². The Morgan fingerprint density at radius 3 is 2.48 bits per heavy atom. The van der Waals surface area contributed by atoms with Crippen molar-refractivity contribution in [3.05, 3.63) is 23.0 Å². The highest BCUT2D eigenvalue weighted by Crippen LogP contribution is 2.43. The molecule has 1 aliphatic carbocycles. The Morgan fingerprint density at radius 1 is 1.31 bits per heavy atom. The lowest BCUT2D eigenvalue weighted by atomic mass is 10.00. The summed E-state index contributed by atoms with van der Waals surface area (Å²) in [7, 11) is 0. The minimum atomic E-state index is -0.458. The first-order chi connectivity index (χ1) is 13.7. The molecule has 2 aliphatic heterocycles. The number of carbonyl (C=O) groups is 1. The van der Waals surface area contributed by atoms with Gasteiger partial charge in [-0.2, -0.15) is 0 Å². The molecule has 1 N–H and O–H groups in total. The van der Waals surface area contributed by atoms with Crippen molar-refractivity contribution in [3.63, 3.8) is 0 Å². The lowest BCUT2D eigenvalue weighted by Crippen LogP contribution is -2.54. The summed E-state index contributed by atoms with van der Waals surface area (Å²) in [5.74, 6) is 1.67. The SMILES string of the molecule is CC.CCN=C1NC=C(C2CC2)/C1=C(/C)N1CCN(C(=O)OC(C)(C)C)C[C@@H]1C.[HH]. The number of allylic oxidation sites excluding steroid dienone is 1. The quantitative estimate of drug-likeness (QED) is 0.732. The summed E-state index contributed by atoms with van der Waals surface area (Å²) >= 11 is 0. The smallest absolute Gasteiger partial charge is 0.410 e. The van der Waals surface area contributed by atoms with Crippen LogP contribution in [-0.4, -0.2) is 59.6 Å². The molecule has 0 radical (unpaired) electrons. The molecule has 1 amide bonds. The molecule has 0 spiro atoms. The van der Waals surface area contributed by atoms with E-state index in [9.17, 15) is 4.79 Å². The molecule has 2 fully saturated rings. The maximum Gasteiger partial charge on any atom is 0.410 e. The second kappa shape index (κ2) is 9.68. The molecule has 1 saturated carbocycles. The second-order valence-electron chi connectivity index (χ2n) is 8.77. The Morgan fingerprint density at radius 2 is 1.97 bits per heavy atom. The van der Waals surface area contributed by atoms with Crippen LogP contribution >= 0.6 is 0 Å². The number of carbonyl (C=O) groups excluding carboxylic acids is 1. The molecule has 0 aromatic heterocycles. The van der Waals surface area contributed by atoms with Gasteiger partial charge in [-0.15, -0.1) is 0 Å². The van der Waals surface area contributed by atoms with E-state index in [1.54, 1.807) is 0 Å². The van der Waals surface area contributed by atoms with Crippen LogP contribution in [0.1, 0.15) is 69.7 Å². The zero-order valence-corrected chi connectivity index (χ0v) is 19.6. The number of aliphatic imine (C=N–C) groups is 1. The molecular formula is C23H42N4O2. The van der Waals surface area contributed by atoms with Crippen molar-refractivity contribution in [2.24, 2.45) is 10.9 Å². The predicted molar refractivity (Wildman–Crippen MR) is 122 cm³/mol. The molecule has 3 aliphatic rings. The largest absolute Gasteiger partial charge is 0.444 e. The maximum atomic E-state index is 12.4. The number of rotatable bonds is 3. The standard InChI is InChI=1S/C21H34N4O2.C2H6.H2/c1-7-22-19-18(17(12-23-19)16-8-9-16)15(3)25-11-10-24(13-14(25)2)20(26)27-21(4,5)6;1-2;/h12,14,16H,7-11,13H2,1-6H3,(H,22,23);1-2H3;1H/b18-15+;;/t14-;;/m0../s1. The van der Waals surface area contributed by atoms with Gasteiger partial charge in [0.05, 0.1) is 0 Å². The number of nitrogens with zero attached hydrogens (tertiary/aromatic N) is 3. The van der Waals surface area contributed by atoms with Crippen molar-refractivity contribution in [2.75, 3.05) is 26.2 Å². The van der Waals surface area contributed by atoms with Crippen molar-refractivity contribution in [3.8, 4) is 0 Å². The van der Waals surface area contributed by atoms with Gasteiger partial charge in [-0.25, -0.2) is 4.79 Å². The van der Waals surface area contributed by atoms with E-state index in [2.05, 4.69) is 42.2 Å². The zero-order valence-electron chi connectivity index (χ0n) is 19.6. The third-order valence-corrected chi connectivity index (χ3v) is 5.30. The minimum Gasteiger partial charge on any atom is -0.444 e. The fraction of sp³-hybridized carbons (Fsp3) is 0.739. The number of ether oxygens (including phenoxy) is 1. The van der Waals surface area contributed by atoms with Gasteiger partial charge in [0.1, 0.15) is 11.4 Å². The Hall–Kier alpha value is -1.98. The Balaban J connectivity index is 0.00000146. The van der Waals surface area contributed by atoms with Crippen LogP contribution in [0.3, 0.4) is 0 Å². The number of hydrogen-bond acceptors (Lipinski definition) is 4. The fourth-order valence-corrected chi connectivity index (χ4v) is 3.90. The molecule has 1 atom stereocenters. The highest BCUT2D eigenvalue weighted by atomic mass is 16.6. The third kappa shape index (κ3) is 5.77. The van der Waals surface area contributed by atoms with Crippen molar-refractivity contribution < 1.29 is 11.0 Å². The van der Waals surface area contributed by atoms with E-state index >= 15 is 0 Å². The summed E-state index contributed by atoms with van der Waals surface area (Å²) in [5.41, 5.74) is 3.49. The molecule has 0 bridgehead atoms. The van der Waals surface area contributed by atoms with E-state index < -0.39 is 5.60 Å². The normalized spacial score (nSPS) is 25.2. The van der Waals surface area contributed by atoms with E-state index in [1.807, 2.05) is 39.5 Å². The average molecular weight is 407 g/mol. The molecule has 3 rings (SSSR count). The molecule has 0 aromatic carbocycles. The molecule has 0 unspecified atom stereocenters. The van der Waals surface area contributed by atoms with Crippen molar-refractivity contribution in [2.45, 2.75) is 79.9 Å². The summed E-state index contributed by atoms with van der Waals surface area (Å²) in [6.45, 7) is 19.1. The molecule has 6 heteroatoms. The van der Waals surface area contributed by atoms with E-state index in [-0.39, 0.29) is 13.6 Å². The van der Waals surface area contributed by atoms with Gasteiger partial charge in [0.25, 0.3) is 0 Å². The van der Waals surface area contributed by atoms with Gasteiger partial charge in [0.2, 0.25) is 0 Å². The third-order valence-electron chi connectivity index (χ3n) is 5.30. The monoisotopic (exact) mass is 406 g/mol. The van der Waals surface area contributed by atoms with Crippen molar-refractivity contribution in [1.29, 1.82) is 0 Å². The minimum absolute atomic E-state index is 0. The summed E-state index contributed by atoms with van der Waals surface area (Å²) in [6.07, 6.45) is 4.47. The molecule has 1 saturated heterocycles. The van der Waals surface area contributed by atoms with Gasteiger partial charge in [-0.1, -0.05) is 13.8 Å². The highest BCUT2D eigenvalue weighted by Gasteiger charge is 2.36. The van der Waals surface area contributed by atoms with Crippen LogP contribution < -0.4 is 5.32 Å². The number of hydrogen-bond donors (Lipinski definition) is 1. The summed E-state index contributed by atoms with van der Waals surface area (Å²) in [6, 6.07) is 0.239. The first-order valence-electron chi connectivity index (χ1n) is 11.2. The molecule has 0 aromatic rings. The van der Waals surface area contributed by atoms with Crippen LogP contribution in [0.5, 0.6) is 0 Å². The number of amidine groups is 1. The summed E-state index contributed by atoms with van der Waals surface area (Å²) < 4.78 is 5.55. The highest BCUT2D eigenvalue weighted by molar-refractivity contribution is 6.06. The summed E-state index contributed by atoms with van der Waals surface area (Å²) in [4.78, 5) is 21.3. The molecule has 2 heterocycles. The Kier molecular flexibility index (Phi) is 7.78. The topological polar surface area (TPSA) is 57.2 Å². The lowest BCUT2D eigenvalue weighted by Gasteiger charge is -2.42. The van der Waals surface area contributed by atoms with Gasteiger partial charge in [-0.3, -0.25) is 4.99 Å². The van der Waals surface area contributed by atoms with E-state index in [4.69, 9.17) is 4.74 Å². The van der Waals surface area contributed by atoms with Gasteiger partial charge in [0.15, 0.2) is 0 Å². The lowest BCUT2D eigenvalue weighted by molar-refractivity contribution is 0.0101. The van der Waals surface area contributed by atoms with Crippen LogP contribution in [0.15, 0.2) is 28.0 Å². The first-order valence-corrected chi connectivity index (χ1v) is 11.2. The van der Waals surface area contributed by atoms with Crippen LogP contribution in [0.4, 0.5) is 4.79 Å². The molecular weight excluding hydrogens is 364 g/mol. The number of nitrogens with one attached hydrogen (secondary N) is 1. The van der Waals surface area contributed by atoms with Crippen molar-refractivity contribution in [1.82, 2.24) is 15.1 Å². The second-order valence-corrected chi connectivity index (χ2v) is 8.77. The van der Waals surface area contributed by atoms with E-state index in [0.717, 1.165) is 18.9 Å². The van der Waals surface area contributed by atoms with E-state index in [1.165, 1.54) is 29.7 Å². The molecule has 6 nitrogen and oxygen atoms in total. The van der Waals surface area contributed by atoms with Gasteiger partial charge >= 0.3 is 6.09 Å². The maximum absolute atomic E-state index is 12.4. The predicted octanol–water partition coefficient (Wildman–Crippen LogP) is 4.79. The summed E-state index contributed by atoms with van der Waals surface area (Å²) in [5, 5.41) is 3.39. The van der Waals surface area contributed by atoms with Crippen molar-refractivity contribution >= 4 is 11.9 Å². The fourth-order valence-electron chi connectivity index (χ4n) is 3.90. The average Bonchev–Trinajstić information content (AvgIpc) is 3.42. The van der Waals surface area contributed by atoms with Gasteiger partial charge in [0, 0.05) is 51.1 Å². The molecule has 166 valence electrons. The molecule has 29 heavy (non-hydrogen) atoms. The zero-order chi connectivity index (χ0) is 21.8. The van der Waals surface area contributed by atoms with Crippen LogP contribution in [0.25, 0.3) is 0 Å². The first kappa shape index (κ1) is 23.3. The van der Waals surface area contributed by atoms with Gasteiger partial charge < -0.3 is 19.9 Å². The van der Waals surface area contributed by atoms with Crippen LogP contribution in [0, 0.1) is 5.92 Å². The van der Waals surface area contributed by atoms with Gasteiger partial charge in [-0.05, 0) is 65.9 Å². The van der Waals surface area contributed by atoms with Crippen LogP contribution in [0.2, 0.25) is 0 Å².